The highest BCUT2D eigenvalue weighted by molar-refractivity contribution is 5.85. The lowest BCUT2D eigenvalue weighted by Crippen LogP contribution is -1.94. The van der Waals surface area contributed by atoms with Crippen LogP contribution in [-0.2, 0) is 0 Å². The zero-order valence-corrected chi connectivity index (χ0v) is 7.90. The maximum atomic E-state index is 9.66. The predicted molar refractivity (Wildman–Crippen MR) is 54.6 cm³/mol. The fraction of sp³-hybridized carbons (Fsp3) is 0.182. The Labute approximate surface area is 82.0 Å². The molecule has 0 fully saturated rings. The molecule has 1 aromatic carbocycles. The summed E-state index contributed by atoms with van der Waals surface area (Å²) >= 11 is 0. The number of benzene rings is 1. The van der Waals surface area contributed by atoms with Gasteiger partial charge in [0.15, 0.2) is 0 Å². The minimum absolute atomic E-state index is 0.207. The predicted octanol–water partition coefficient (Wildman–Crippen LogP) is 2.34. The average Bonchev–Trinajstić information content (AvgIpc) is 2.18. The van der Waals surface area contributed by atoms with Gasteiger partial charge in [-0.2, -0.15) is 0 Å². The number of pyridine rings is 1. The Morgan fingerprint density at radius 2 is 2.14 bits per heavy atom. The summed E-state index contributed by atoms with van der Waals surface area (Å²) in [5.74, 6) is 0.669. The SMILES string of the molecule is CCOc1cc(O)c2ccccc2n1. The first kappa shape index (κ1) is 8.81. The fourth-order valence-electron chi connectivity index (χ4n) is 1.36. The molecule has 0 aliphatic carbocycles. The molecule has 0 saturated carbocycles. The first-order valence-electron chi connectivity index (χ1n) is 4.53. The van der Waals surface area contributed by atoms with E-state index in [9.17, 15) is 5.11 Å². The van der Waals surface area contributed by atoms with Gasteiger partial charge in [-0.25, -0.2) is 4.98 Å². The minimum atomic E-state index is 0.207. The minimum Gasteiger partial charge on any atom is -0.507 e. The molecule has 0 radical (unpaired) electrons. The number of rotatable bonds is 2. The van der Waals surface area contributed by atoms with Crippen LogP contribution in [0.15, 0.2) is 30.3 Å². The molecule has 2 aromatic rings. The van der Waals surface area contributed by atoms with Crippen LogP contribution < -0.4 is 4.74 Å². The Morgan fingerprint density at radius 1 is 1.36 bits per heavy atom. The van der Waals surface area contributed by atoms with Crippen molar-refractivity contribution in [2.45, 2.75) is 6.92 Å². The fourth-order valence-corrected chi connectivity index (χ4v) is 1.36. The molecule has 0 saturated heterocycles. The van der Waals surface area contributed by atoms with Crippen molar-refractivity contribution < 1.29 is 9.84 Å². The Morgan fingerprint density at radius 3 is 2.93 bits per heavy atom. The third-order valence-electron chi connectivity index (χ3n) is 1.96. The molecule has 1 aromatic heterocycles. The van der Waals surface area contributed by atoms with Gasteiger partial charge in [-0.05, 0) is 19.1 Å². The van der Waals surface area contributed by atoms with Gasteiger partial charge in [0.1, 0.15) is 5.75 Å². The second-order valence-corrected chi connectivity index (χ2v) is 2.93. The van der Waals surface area contributed by atoms with E-state index in [0.29, 0.717) is 12.5 Å². The molecule has 0 spiro atoms. The second-order valence-electron chi connectivity index (χ2n) is 2.93. The van der Waals surface area contributed by atoms with Crippen molar-refractivity contribution in [3.63, 3.8) is 0 Å². The van der Waals surface area contributed by atoms with E-state index in [4.69, 9.17) is 4.74 Å². The van der Waals surface area contributed by atoms with Crippen LogP contribution in [0.4, 0.5) is 0 Å². The molecule has 2 rings (SSSR count). The van der Waals surface area contributed by atoms with E-state index in [0.717, 1.165) is 10.9 Å². The van der Waals surface area contributed by atoms with Crippen molar-refractivity contribution in [1.29, 1.82) is 0 Å². The van der Waals surface area contributed by atoms with Gasteiger partial charge in [0.05, 0.1) is 12.1 Å². The summed E-state index contributed by atoms with van der Waals surface area (Å²) in [6.07, 6.45) is 0. The summed E-state index contributed by atoms with van der Waals surface area (Å²) in [7, 11) is 0. The van der Waals surface area contributed by atoms with Crippen molar-refractivity contribution in [3.05, 3.63) is 30.3 Å². The van der Waals surface area contributed by atoms with Crippen molar-refractivity contribution in [2.24, 2.45) is 0 Å². The number of aromatic hydroxyl groups is 1. The third kappa shape index (κ3) is 1.48. The van der Waals surface area contributed by atoms with Gasteiger partial charge in [0.25, 0.3) is 0 Å². The van der Waals surface area contributed by atoms with Gasteiger partial charge in [0.2, 0.25) is 5.88 Å². The summed E-state index contributed by atoms with van der Waals surface area (Å²) in [6, 6.07) is 8.95. The maximum Gasteiger partial charge on any atom is 0.217 e. The van der Waals surface area contributed by atoms with Crippen LogP contribution in [0.2, 0.25) is 0 Å². The van der Waals surface area contributed by atoms with E-state index in [-0.39, 0.29) is 5.75 Å². The van der Waals surface area contributed by atoms with E-state index in [2.05, 4.69) is 4.98 Å². The van der Waals surface area contributed by atoms with Crippen LogP contribution in [0.5, 0.6) is 11.6 Å². The number of para-hydroxylation sites is 1. The smallest absolute Gasteiger partial charge is 0.217 e. The Hall–Kier alpha value is -1.77. The molecule has 3 nitrogen and oxygen atoms in total. The first-order chi connectivity index (χ1) is 6.81. The van der Waals surface area contributed by atoms with Crippen LogP contribution in [0.3, 0.4) is 0 Å². The molecular formula is C11H11NO2. The molecule has 1 N–H and O–H groups in total. The molecule has 14 heavy (non-hydrogen) atoms. The Balaban J connectivity index is 2.60. The standard InChI is InChI=1S/C11H11NO2/c1-2-14-11-7-10(13)8-5-3-4-6-9(8)12-11/h3-7H,2H2,1H3,(H,12,13). The summed E-state index contributed by atoms with van der Waals surface area (Å²) < 4.78 is 5.22. The van der Waals surface area contributed by atoms with Crippen LogP contribution in [-0.4, -0.2) is 16.7 Å². The van der Waals surface area contributed by atoms with Gasteiger partial charge < -0.3 is 9.84 Å². The molecule has 0 atom stereocenters. The highest BCUT2D eigenvalue weighted by Crippen LogP contribution is 2.26. The number of fused-ring (bicyclic) bond motifs is 1. The molecule has 0 aliphatic heterocycles. The number of hydrogen-bond donors (Lipinski definition) is 1. The summed E-state index contributed by atoms with van der Waals surface area (Å²) in [4.78, 5) is 4.24. The van der Waals surface area contributed by atoms with Gasteiger partial charge in [-0.1, -0.05) is 12.1 Å². The van der Waals surface area contributed by atoms with E-state index >= 15 is 0 Å². The van der Waals surface area contributed by atoms with Crippen LogP contribution in [0.25, 0.3) is 10.9 Å². The zero-order valence-electron chi connectivity index (χ0n) is 7.90. The number of aromatic nitrogens is 1. The van der Waals surface area contributed by atoms with Crippen LogP contribution >= 0.6 is 0 Å². The van der Waals surface area contributed by atoms with Crippen LogP contribution in [0, 0.1) is 0 Å². The molecule has 3 heteroatoms. The zero-order chi connectivity index (χ0) is 9.97. The molecule has 0 unspecified atom stereocenters. The lowest BCUT2D eigenvalue weighted by Gasteiger charge is -2.05. The monoisotopic (exact) mass is 189 g/mol. The van der Waals surface area contributed by atoms with Crippen molar-refractivity contribution in [2.75, 3.05) is 6.61 Å². The Bertz CT molecular complexity index is 454. The van der Waals surface area contributed by atoms with E-state index in [1.165, 1.54) is 6.07 Å². The molecular weight excluding hydrogens is 178 g/mol. The first-order valence-corrected chi connectivity index (χ1v) is 4.53. The van der Waals surface area contributed by atoms with Gasteiger partial charge in [-0.15, -0.1) is 0 Å². The normalized spacial score (nSPS) is 10.4. The lowest BCUT2D eigenvalue weighted by atomic mass is 10.2. The lowest BCUT2D eigenvalue weighted by molar-refractivity contribution is 0.326. The molecule has 0 aliphatic rings. The third-order valence-corrected chi connectivity index (χ3v) is 1.96. The maximum absolute atomic E-state index is 9.66. The van der Waals surface area contributed by atoms with Crippen LogP contribution in [0.1, 0.15) is 6.92 Å². The van der Waals surface area contributed by atoms with Crippen molar-refractivity contribution in [3.8, 4) is 11.6 Å². The van der Waals surface area contributed by atoms with Gasteiger partial charge >= 0.3 is 0 Å². The molecule has 0 amide bonds. The van der Waals surface area contributed by atoms with Crippen molar-refractivity contribution >= 4 is 10.9 Å². The van der Waals surface area contributed by atoms with E-state index in [1.807, 2.05) is 31.2 Å². The quantitative estimate of drug-likeness (QED) is 0.788. The van der Waals surface area contributed by atoms with Crippen molar-refractivity contribution in [1.82, 2.24) is 4.98 Å². The topological polar surface area (TPSA) is 42.4 Å². The molecule has 1 heterocycles. The number of nitrogens with zero attached hydrogens (tertiary/aromatic N) is 1. The van der Waals surface area contributed by atoms with E-state index < -0.39 is 0 Å². The van der Waals surface area contributed by atoms with Gasteiger partial charge in [-0.3, -0.25) is 0 Å². The number of ether oxygens (including phenoxy) is 1. The number of hydrogen-bond acceptors (Lipinski definition) is 3. The largest absolute Gasteiger partial charge is 0.507 e. The second kappa shape index (κ2) is 3.54. The molecule has 72 valence electrons. The Kier molecular flexibility index (Phi) is 2.23. The van der Waals surface area contributed by atoms with E-state index in [1.54, 1.807) is 0 Å². The van der Waals surface area contributed by atoms with Gasteiger partial charge in [0, 0.05) is 11.5 Å². The summed E-state index contributed by atoms with van der Waals surface area (Å²) in [5.41, 5.74) is 0.746. The summed E-state index contributed by atoms with van der Waals surface area (Å²) in [6.45, 7) is 2.43. The highest BCUT2D eigenvalue weighted by Gasteiger charge is 2.03. The summed E-state index contributed by atoms with van der Waals surface area (Å²) in [5, 5.41) is 10.4. The average molecular weight is 189 g/mol. The molecule has 0 bridgehead atoms. The highest BCUT2D eigenvalue weighted by atomic mass is 16.5.